The van der Waals surface area contributed by atoms with Gasteiger partial charge in [0.2, 0.25) is 0 Å². The van der Waals surface area contributed by atoms with E-state index in [4.69, 9.17) is 11.5 Å². The fourth-order valence-corrected chi connectivity index (χ4v) is 3.71. The normalized spacial score (nSPS) is 15.7. The molecule has 7 nitrogen and oxygen atoms in total. The number of rotatable bonds is 4. The van der Waals surface area contributed by atoms with Gasteiger partial charge in [0.1, 0.15) is 11.5 Å². The lowest BCUT2D eigenvalue weighted by Crippen LogP contribution is -2.27. The number of nitrogen functional groups attached to an aromatic ring is 1. The maximum atomic E-state index is 13.5. The number of nitrogens with two attached hydrogens (primary N) is 2. The first-order valence-electron chi connectivity index (χ1n) is 10.2. The zero-order chi connectivity index (χ0) is 22.7. The highest BCUT2D eigenvalue weighted by Gasteiger charge is 2.34. The van der Waals surface area contributed by atoms with Crippen LogP contribution in [0.1, 0.15) is 35.6 Å². The standard InChI is InChI=1S/C22H22F3N7/c23-22(24,25)16-7-3-1-5-14(16)20-30-21(18(31-32-20)13-9-11-28-12-10-13)29-19(27)15-6-2-4-8-17(15)26/h1-8,13,28H,9-12,26H2,(H2,27,29,30,32). The summed E-state index contributed by atoms with van der Waals surface area (Å²) in [6.07, 6.45) is -3.00. The molecule has 2 heterocycles. The number of anilines is 1. The first-order chi connectivity index (χ1) is 15.3. The van der Waals surface area contributed by atoms with Crippen molar-refractivity contribution in [3.05, 3.63) is 65.4 Å². The maximum Gasteiger partial charge on any atom is 0.417 e. The number of para-hydroxylation sites is 1. The lowest BCUT2D eigenvalue weighted by atomic mass is 9.94. The first kappa shape index (κ1) is 21.7. The average molecular weight is 441 g/mol. The number of amidine groups is 1. The van der Waals surface area contributed by atoms with Crippen LogP contribution >= 0.6 is 0 Å². The topological polar surface area (TPSA) is 115 Å². The number of halogens is 3. The Kier molecular flexibility index (Phi) is 6.04. The van der Waals surface area contributed by atoms with E-state index in [0.29, 0.717) is 16.9 Å². The van der Waals surface area contributed by atoms with E-state index in [1.165, 1.54) is 18.2 Å². The van der Waals surface area contributed by atoms with Gasteiger partial charge in [-0.1, -0.05) is 30.3 Å². The van der Waals surface area contributed by atoms with Crippen LogP contribution in [0.2, 0.25) is 0 Å². The van der Waals surface area contributed by atoms with Crippen LogP contribution in [0, 0.1) is 0 Å². The summed E-state index contributed by atoms with van der Waals surface area (Å²) in [6, 6.07) is 12.1. The van der Waals surface area contributed by atoms with Gasteiger partial charge in [0.25, 0.3) is 0 Å². The Morgan fingerprint density at radius 2 is 1.69 bits per heavy atom. The minimum atomic E-state index is -4.56. The van der Waals surface area contributed by atoms with Crippen LogP contribution in [0.15, 0.2) is 53.5 Å². The fraction of sp³-hybridized carbons (Fsp3) is 0.273. The second-order valence-corrected chi connectivity index (χ2v) is 7.50. The van der Waals surface area contributed by atoms with E-state index in [1.54, 1.807) is 24.3 Å². The summed E-state index contributed by atoms with van der Waals surface area (Å²) in [5.41, 5.74) is 12.7. The lowest BCUT2D eigenvalue weighted by Gasteiger charge is -2.22. The van der Waals surface area contributed by atoms with Crippen molar-refractivity contribution in [2.75, 3.05) is 18.8 Å². The lowest BCUT2D eigenvalue weighted by molar-refractivity contribution is -0.137. The van der Waals surface area contributed by atoms with Gasteiger partial charge in [-0.05, 0) is 44.1 Å². The molecule has 1 aromatic heterocycles. The van der Waals surface area contributed by atoms with Crippen molar-refractivity contribution in [3.63, 3.8) is 0 Å². The van der Waals surface area contributed by atoms with Crippen LogP contribution in [-0.4, -0.2) is 34.1 Å². The molecule has 0 radical (unpaired) electrons. The molecule has 1 aliphatic heterocycles. The summed E-state index contributed by atoms with van der Waals surface area (Å²) < 4.78 is 40.6. The molecule has 0 saturated carbocycles. The van der Waals surface area contributed by atoms with E-state index >= 15 is 0 Å². The van der Waals surface area contributed by atoms with Crippen LogP contribution in [0.5, 0.6) is 0 Å². The Hall–Kier alpha value is -3.53. The quantitative estimate of drug-likeness (QED) is 0.323. The molecule has 5 N–H and O–H groups in total. The number of nitrogens with one attached hydrogen (secondary N) is 1. The number of piperidine rings is 1. The minimum Gasteiger partial charge on any atom is -0.398 e. The number of hydrogen-bond acceptors (Lipinski definition) is 6. The van der Waals surface area contributed by atoms with Crippen LogP contribution in [0.25, 0.3) is 11.4 Å². The van der Waals surface area contributed by atoms with Crippen molar-refractivity contribution in [3.8, 4) is 11.4 Å². The second kappa shape index (κ2) is 8.91. The number of aliphatic imine (C=N–C) groups is 1. The van der Waals surface area contributed by atoms with Crippen molar-refractivity contribution in [2.45, 2.75) is 24.9 Å². The van der Waals surface area contributed by atoms with Crippen molar-refractivity contribution in [1.29, 1.82) is 0 Å². The summed E-state index contributed by atoms with van der Waals surface area (Å²) >= 11 is 0. The molecule has 0 bridgehead atoms. The molecule has 0 atom stereocenters. The molecule has 32 heavy (non-hydrogen) atoms. The van der Waals surface area contributed by atoms with Gasteiger partial charge in [-0.3, -0.25) is 0 Å². The van der Waals surface area contributed by atoms with Crippen LogP contribution < -0.4 is 16.8 Å². The molecule has 1 aliphatic rings. The Morgan fingerprint density at radius 1 is 1.00 bits per heavy atom. The van der Waals surface area contributed by atoms with Crippen molar-refractivity contribution < 1.29 is 13.2 Å². The summed E-state index contributed by atoms with van der Waals surface area (Å²) in [6.45, 7) is 1.57. The van der Waals surface area contributed by atoms with Gasteiger partial charge in [0, 0.05) is 22.7 Å². The number of alkyl halides is 3. The van der Waals surface area contributed by atoms with E-state index in [9.17, 15) is 13.2 Å². The number of benzene rings is 2. The minimum absolute atomic E-state index is 0.0165. The number of nitrogens with zero attached hydrogens (tertiary/aromatic N) is 4. The third kappa shape index (κ3) is 4.54. The van der Waals surface area contributed by atoms with E-state index in [2.05, 4.69) is 25.5 Å². The summed E-state index contributed by atoms with van der Waals surface area (Å²) in [4.78, 5) is 8.83. The van der Waals surface area contributed by atoms with Crippen LogP contribution in [0.4, 0.5) is 24.7 Å². The van der Waals surface area contributed by atoms with Gasteiger partial charge in [-0.25, -0.2) is 9.98 Å². The third-order valence-corrected chi connectivity index (χ3v) is 5.36. The SMILES string of the molecule is NC(=Nc1nc(-c2ccccc2C(F)(F)F)nnc1C1CCNCC1)c1ccccc1N. The zero-order valence-corrected chi connectivity index (χ0v) is 17.1. The molecule has 4 rings (SSSR count). The predicted octanol–water partition coefficient (Wildman–Crippen LogP) is 3.64. The van der Waals surface area contributed by atoms with Gasteiger partial charge in [-0.15, -0.1) is 10.2 Å². The smallest absolute Gasteiger partial charge is 0.398 e. The second-order valence-electron chi connectivity index (χ2n) is 7.50. The van der Waals surface area contributed by atoms with E-state index in [-0.39, 0.29) is 29.0 Å². The Labute approximate surface area is 182 Å². The van der Waals surface area contributed by atoms with Gasteiger partial charge < -0.3 is 16.8 Å². The number of hydrogen-bond donors (Lipinski definition) is 3. The molecular weight excluding hydrogens is 419 g/mol. The Bertz CT molecular complexity index is 1140. The molecule has 166 valence electrons. The molecule has 0 spiro atoms. The van der Waals surface area contributed by atoms with Crippen molar-refractivity contribution in [1.82, 2.24) is 20.5 Å². The Morgan fingerprint density at radius 3 is 2.41 bits per heavy atom. The number of aromatic nitrogens is 3. The Balaban J connectivity index is 1.85. The molecule has 2 aromatic carbocycles. The van der Waals surface area contributed by atoms with Crippen LogP contribution in [-0.2, 0) is 6.18 Å². The first-order valence-corrected chi connectivity index (χ1v) is 10.2. The van der Waals surface area contributed by atoms with E-state index in [1.807, 2.05) is 0 Å². The van der Waals surface area contributed by atoms with E-state index in [0.717, 1.165) is 32.0 Å². The zero-order valence-electron chi connectivity index (χ0n) is 17.1. The molecule has 0 unspecified atom stereocenters. The molecule has 1 fully saturated rings. The van der Waals surface area contributed by atoms with Crippen LogP contribution in [0.3, 0.4) is 0 Å². The molecule has 1 saturated heterocycles. The average Bonchev–Trinajstić information content (AvgIpc) is 2.79. The molecule has 3 aromatic rings. The molecule has 0 amide bonds. The highest BCUT2D eigenvalue weighted by atomic mass is 19.4. The fourth-order valence-electron chi connectivity index (χ4n) is 3.71. The summed E-state index contributed by atoms with van der Waals surface area (Å²) in [5, 5.41) is 11.6. The predicted molar refractivity (Wildman–Crippen MR) is 116 cm³/mol. The van der Waals surface area contributed by atoms with Gasteiger partial charge in [-0.2, -0.15) is 13.2 Å². The highest BCUT2D eigenvalue weighted by molar-refractivity contribution is 6.03. The van der Waals surface area contributed by atoms with Gasteiger partial charge >= 0.3 is 6.18 Å². The van der Waals surface area contributed by atoms with Crippen molar-refractivity contribution >= 4 is 17.3 Å². The molecule has 0 aliphatic carbocycles. The third-order valence-electron chi connectivity index (χ3n) is 5.36. The highest BCUT2D eigenvalue weighted by Crippen LogP contribution is 2.37. The molecule has 10 heteroatoms. The summed E-state index contributed by atoms with van der Waals surface area (Å²) in [5.74, 6) is 0.111. The maximum absolute atomic E-state index is 13.5. The summed E-state index contributed by atoms with van der Waals surface area (Å²) in [7, 11) is 0. The van der Waals surface area contributed by atoms with Gasteiger partial charge in [0.05, 0.1) is 5.56 Å². The van der Waals surface area contributed by atoms with E-state index < -0.39 is 11.7 Å². The monoisotopic (exact) mass is 441 g/mol. The largest absolute Gasteiger partial charge is 0.417 e. The molecular formula is C22H22F3N7. The van der Waals surface area contributed by atoms with Gasteiger partial charge in [0.15, 0.2) is 11.6 Å². The van der Waals surface area contributed by atoms with Crippen molar-refractivity contribution in [2.24, 2.45) is 10.7 Å².